The van der Waals surface area contributed by atoms with Gasteiger partial charge in [-0.15, -0.1) is 0 Å². The molecule has 0 aromatic rings. The Labute approximate surface area is 83.8 Å². The summed E-state index contributed by atoms with van der Waals surface area (Å²) in [5.41, 5.74) is 0.981. The highest BCUT2D eigenvalue weighted by molar-refractivity contribution is 5.70. The van der Waals surface area contributed by atoms with Crippen molar-refractivity contribution in [1.82, 2.24) is 4.90 Å². The topological polar surface area (TPSA) is 53.3 Å². The summed E-state index contributed by atoms with van der Waals surface area (Å²) in [5, 5.41) is 8.34. The Morgan fingerprint density at radius 3 is 2.86 bits per heavy atom. The first-order valence-corrected chi connectivity index (χ1v) is 4.62. The maximum Gasteiger partial charge on any atom is 0.410 e. The average Bonchev–Trinajstić information content (AvgIpc) is 2.06. The summed E-state index contributed by atoms with van der Waals surface area (Å²) in [7, 11) is 0. The lowest BCUT2D eigenvalue weighted by molar-refractivity contribution is 0.0865. The molecule has 1 amide bonds. The second kappa shape index (κ2) is 4.66. The average molecular weight is 194 g/mol. The van der Waals surface area contributed by atoms with Crippen molar-refractivity contribution in [3.8, 4) is 6.07 Å². The zero-order chi connectivity index (χ0) is 10.6. The fourth-order valence-electron chi connectivity index (χ4n) is 1.08. The van der Waals surface area contributed by atoms with Gasteiger partial charge in [0.1, 0.15) is 0 Å². The van der Waals surface area contributed by atoms with E-state index < -0.39 is 0 Å². The van der Waals surface area contributed by atoms with Crippen molar-refractivity contribution in [2.24, 2.45) is 5.92 Å². The van der Waals surface area contributed by atoms with Gasteiger partial charge in [-0.1, -0.05) is 13.8 Å². The van der Waals surface area contributed by atoms with Crippen LogP contribution in [0.5, 0.6) is 0 Å². The molecule has 0 unspecified atom stereocenters. The van der Waals surface area contributed by atoms with Crippen LogP contribution in [0.2, 0.25) is 0 Å². The summed E-state index contributed by atoms with van der Waals surface area (Å²) in [5.74, 6) is 0.356. The van der Waals surface area contributed by atoms with Gasteiger partial charge < -0.3 is 9.64 Å². The van der Waals surface area contributed by atoms with Crippen LogP contribution in [0.3, 0.4) is 0 Å². The summed E-state index contributed by atoms with van der Waals surface area (Å²) in [6.07, 6.45) is 1.19. The Bertz CT molecular complexity index is 281. The molecule has 0 aliphatic carbocycles. The SMILES string of the molecule is CC(C)COC(=O)N1CC(=CC#N)C1. The number of ether oxygens (including phenoxy) is 1. The number of allylic oxidation sites excluding steroid dienone is 1. The van der Waals surface area contributed by atoms with E-state index in [2.05, 4.69) is 0 Å². The van der Waals surface area contributed by atoms with E-state index in [1.165, 1.54) is 6.08 Å². The maximum atomic E-state index is 11.3. The van der Waals surface area contributed by atoms with E-state index in [-0.39, 0.29) is 6.09 Å². The fourth-order valence-corrected chi connectivity index (χ4v) is 1.08. The van der Waals surface area contributed by atoms with Crippen molar-refractivity contribution < 1.29 is 9.53 Å². The molecule has 14 heavy (non-hydrogen) atoms. The lowest BCUT2D eigenvalue weighted by Crippen LogP contribution is -2.44. The Balaban J connectivity index is 2.24. The summed E-state index contributed by atoms with van der Waals surface area (Å²) < 4.78 is 5.01. The molecule has 1 rings (SSSR count). The molecule has 76 valence electrons. The molecule has 4 nitrogen and oxygen atoms in total. The van der Waals surface area contributed by atoms with Crippen LogP contribution in [0.1, 0.15) is 13.8 Å². The van der Waals surface area contributed by atoms with Crippen molar-refractivity contribution in [1.29, 1.82) is 5.26 Å². The molecule has 1 heterocycles. The summed E-state index contributed by atoms with van der Waals surface area (Å²) in [6, 6.07) is 1.94. The van der Waals surface area contributed by atoms with Crippen molar-refractivity contribution in [3.05, 3.63) is 11.6 Å². The normalized spacial score (nSPS) is 14.7. The molecule has 0 bridgehead atoms. The smallest absolute Gasteiger partial charge is 0.410 e. The van der Waals surface area contributed by atoms with Crippen LogP contribution in [-0.4, -0.2) is 30.7 Å². The number of amides is 1. The van der Waals surface area contributed by atoms with E-state index in [4.69, 9.17) is 10.00 Å². The lowest BCUT2D eigenvalue weighted by atomic mass is 10.1. The Morgan fingerprint density at radius 2 is 2.36 bits per heavy atom. The fraction of sp³-hybridized carbons (Fsp3) is 0.600. The Hall–Kier alpha value is -1.50. The standard InChI is InChI=1S/C10H14N2O2/c1-8(2)7-14-10(13)12-5-9(6-12)3-4-11/h3,8H,5-7H2,1-2H3. The predicted octanol–water partition coefficient (Wildman–Crippen LogP) is 1.54. The second-order valence-electron chi connectivity index (χ2n) is 3.76. The van der Waals surface area contributed by atoms with Crippen LogP contribution < -0.4 is 0 Å². The summed E-state index contributed by atoms with van der Waals surface area (Å²) in [4.78, 5) is 12.8. The monoisotopic (exact) mass is 194 g/mol. The molecule has 4 heteroatoms. The molecule has 1 aliphatic rings. The molecule has 1 aliphatic heterocycles. The molecular weight excluding hydrogens is 180 g/mol. The van der Waals surface area contributed by atoms with Gasteiger partial charge in [0.25, 0.3) is 0 Å². The van der Waals surface area contributed by atoms with Crippen molar-refractivity contribution in [2.75, 3.05) is 19.7 Å². The molecule has 0 atom stereocenters. The first-order valence-electron chi connectivity index (χ1n) is 4.62. The van der Waals surface area contributed by atoms with E-state index >= 15 is 0 Å². The van der Waals surface area contributed by atoms with Gasteiger partial charge >= 0.3 is 6.09 Å². The Kier molecular flexibility index (Phi) is 3.52. The van der Waals surface area contributed by atoms with Gasteiger partial charge in [0.2, 0.25) is 0 Å². The van der Waals surface area contributed by atoms with Crippen LogP contribution >= 0.6 is 0 Å². The second-order valence-corrected chi connectivity index (χ2v) is 3.76. The van der Waals surface area contributed by atoms with Gasteiger partial charge in [-0.2, -0.15) is 5.26 Å². The minimum absolute atomic E-state index is 0.284. The largest absolute Gasteiger partial charge is 0.449 e. The van der Waals surface area contributed by atoms with E-state index in [9.17, 15) is 4.79 Å². The molecule has 0 aromatic carbocycles. The third-order valence-electron chi connectivity index (χ3n) is 1.85. The minimum atomic E-state index is -0.284. The molecular formula is C10H14N2O2. The summed E-state index contributed by atoms with van der Waals surface area (Å²) in [6.45, 7) is 5.50. The summed E-state index contributed by atoms with van der Waals surface area (Å²) >= 11 is 0. The van der Waals surface area contributed by atoms with E-state index in [0.29, 0.717) is 25.6 Å². The molecule has 1 saturated heterocycles. The van der Waals surface area contributed by atoms with Gasteiger partial charge in [0.05, 0.1) is 12.7 Å². The third-order valence-corrected chi connectivity index (χ3v) is 1.85. The maximum absolute atomic E-state index is 11.3. The van der Waals surface area contributed by atoms with Gasteiger partial charge in [-0.3, -0.25) is 0 Å². The molecule has 0 N–H and O–H groups in total. The van der Waals surface area contributed by atoms with Crippen LogP contribution in [0, 0.1) is 17.2 Å². The third kappa shape index (κ3) is 2.77. The number of hydrogen-bond acceptors (Lipinski definition) is 3. The highest BCUT2D eigenvalue weighted by atomic mass is 16.6. The van der Waals surface area contributed by atoms with Crippen molar-refractivity contribution in [2.45, 2.75) is 13.8 Å². The zero-order valence-electron chi connectivity index (χ0n) is 8.49. The number of likely N-dealkylation sites (tertiary alicyclic amines) is 1. The Morgan fingerprint density at radius 1 is 1.71 bits per heavy atom. The molecule has 0 aromatic heterocycles. The van der Waals surface area contributed by atoms with Crippen molar-refractivity contribution >= 4 is 6.09 Å². The number of carbonyl (C=O) groups excluding carboxylic acids is 1. The van der Waals surface area contributed by atoms with Gasteiger partial charge in [-0.05, 0) is 11.5 Å². The number of rotatable bonds is 2. The van der Waals surface area contributed by atoms with Gasteiger partial charge in [0.15, 0.2) is 0 Å². The van der Waals surface area contributed by atoms with E-state index in [0.717, 1.165) is 5.57 Å². The molecule has 0 saturated carbocycles. The van der Waals surface area contributed by atoms with Crippen LogP contribution in [0.15, 0.2) is 11.6 Å². The van der Waals surface area contributed by atoms with Crippen LogP contribution in [-0.2, 0) is 4.74 Å². The van der Waals surface area contributed by atoms with Crippen LogP contribution in [0.4, 0.5) is 4.79 Å². The number of carbonyl (C=O) groups is 1. The minimum Gasteiger partial charge on any atom is -0.449 e. The van der Waals surface area contributed by atoms with Gasteiger partial charge in [-0.25, -0.2) is 4.79 Å². The van der Waals surface area contributed by atoms with Gasteiger partial charge in [0, 0.05) is 19.2 Å². The van der Waals surface area contributed by atoms with Crippen LogP contribution in [0.25, 0.3) is 0 Å². The van der Waals surface area contributed by atoms with Crippen molar-refractivity contribution in [3.63, 3.8) is 0 Å². The number of nitriles is 1. The zero-order valence-corrected chi connectivity index (χ0v) is 8.49. The first-order chi connectivity index (χ1) is 6.63. The highest BCUT2D eigenvalue weighted by Crippen LogP contribution is 2.15. The first kappa shape index (κ1) is 10.6. The van der Waals surface area contributed by atoms with E-state index in [1.807, 2.05) is 19.9 Å². The molecule has 1 fully saturated rings. The highest BCUT2D eigenvalue weighted by Gasteiger charge is 2.26. The molecule has 0 radical (unpaired) electrons. The van der Waals surface area contributed by atoms with E-state index in [1.54, 1.807) is 4.90 Å². The predicted molar refractivity (Wildman–Crippen MR) is 51.5 cm³/mol. The number of hydrogen-bond donors (Lipinski definition) is 0. The lowest BCUT2D eigenvalue weighted by Gasteiger charge is -2.32. The quantitative estimate of drug-likeness (QED) is 0.626. The number of nitrogens with zero attached hydrogens (tertiary/aromatic N) is 2. The molecule has 0 spiro atoms.